The van der Waals surface area contributed by atoms with E-state index in [2.05, 4.69) is 4.72 Å². The van der Waals surface area contributed by atoms with Crippen molar-refractivity contribution in [2.24, 2.45) is 5.73 Å². The fraction of sp³-hybridized carbons (Fsp3) is 1.00. The van der Waals surface area contributed by atoms with Crippen molar-refractivity contribution in [3.05, 3.63) is 0 Å². The summed E-state index contributed by atoms with van der Waals surface area (Å²) in [4.78, 5) is 0. The molecular weight excluding hydrogens is 152 g/mol. The summed E-state index contributed by atoms with van der Waals surface area (Å²) < 4.78 is 23.8. The molecule has 4 nitrogen and oxygen atoms in total. The Morgan fingerprint density at radius 1 is 1.60 bits per heavy atom. The standard InChI is InChI=1S/C5H14N2O2S/c1-3-10(8,9)7-4-5(2)6/h5,7H,3-4,6H2,1-2H3. The van der Waals surface area contributed by atoms with E-state index in [0.717, 1.165) is 0 Å². The second-order valence-electron chi connectivity index (χ2n) is 2.23. The van der Waals surface area contributed by atoms with Crippen LogP contribution in [0.15, 0.2) is 0 Å². The average Bonchev–Trinajstić information content (AvgIpc) is 1.85. The van der Waals surface area contributed by atoms with Gasteiger partial charge in [0.05, 0.1) is 5.75 Å². The zero-order valence-electron chi connectivity index (χ0n) is 6.29. The summed E-state index contributed by atoms with van der Waals surface area (Å²) in [5, 5.41) is 0. The van der Waals surface area contributed by atoms with E-state index < -0.39 is 10.0 Å². The first-order valence-corrected chi connectivity index (χ1v) is 4.86. The summed E-state index contributed by atoms with van der Waals surface area (Å²) in [6.45, 7) is 3.65. The summed E-state index contributed by atoms with van der Waals surface area (Å²) >= 11 is 0. The highest BCUT2D eigenvalue weighted by Gasteiger charge is 2.05. The molecule has 3 N–H and O–H groups in total. The first kappa shape index (κ1) is 9.87. The van der Waals surface area contributed by atoms with Crippen molar-refractivity contribution in [1.29, 1.82) is 0 Å². The first-order valence-electron chi connectivity index (χ1n) is 3.21. The minimum atomic E-state index is -3.04. The predicted octanol–water partition coefficient (Wildman–Crippen LogP) is -0.727. The van der Waals surface area contributed by atoms with E-state index in [0.29, 0.717) is 6.54 Å². The Hall–Kier alpha value is -0.130. The van der Waals surface area contributed by atoms with Crippen molar-refractivity contribution in [3.8, 4) is 0 Å². The van der Waals surface area contributed by atoms with Gasteiger partial charge in [0.1, 0.15) is 0 Å². The molecule has 62 valence electrons. The number of rotatable bonds is 4. The number of hydrogen-bond acceptors (Lipinski definition) is 3. The monoisotopic (exact) mass is 166 g/mol. The number of nitrogens with one attached hydrogen (secondary N) is 1. The summed E-state index contributed by atoms with van der Waals surface area (Å²) in [7, 11) is -3.04. The van der Waals surface area contributed by atoms with Crippen LogP contribution in [0.2, 0.25) is 0 Å². The van der Waals surface area contributed by atoms with Gasteiger partial charge in [-0.05, 0) is 13.8 Å². The molecule has 5 heteroatoms. The molecule has 0 bridgehead atoms. The molecule has 0 saturated heterocycles. The summed E-state index contributed by atoms with van der Waals surface area (Å²) in [5.41, 5.74) is 5.33. The van der Waals surface area contributed by atoms with E-state index in [4.69, 9.17) is 5.73 Å². The zero-order valence-corrected chi connectivity index (χ0v) is 7.11. The van der Waals surface area contributed by atoms with Crippen molar-refractivity contribution in [1.82, 2.24) is 4.72 Å². The lowest BCUT2D eigenvalue weighted by Crippen LogP contribution is -2.35. The van der Waals surface area contributed by atoms with Crippen LogP contribution in [-0.4, -0.2) is 26.8 Å². The lowest BCUT2D eigenvalue weighted by molar-refractivity contribution is 0.575. The highest BCUT2D eigenvalue weighted by atomic mass is 32.2. The van der Waals surface area contributed by atoms with Crippen LogP contribution in [0.4, 0.5) is 0 Å². The van der Waals surface area contributed by atoms with Gasteiger partial charge in [-0.3, -0.25) is 0 Å². The molecule has 0 aliphatic rings. The Morgan fingerprint density at radius 2 is 2.10 bits per heavy atom. The van der Waals surface area contributed by atoms with E-state index in [1.807, 2.05) is 0 Å². The molecule has 0 rings (SSSR count). The molecule has 0 radical (unpaired) electrons. The molecular formula is C5H14N2O2S. The van der Waals surface area contributed by atoms with Crippen LogP contribution in [0.25, 0.3) is 0 Å². The number of sulfonamides is 1. The molecule has 0 aromatic heterocycles. The van der Waals surface area contributed by atoms with Crippen molar-refractivity contribution in [2.75, 3.05) is 12.3 Å². The largest absolute Gasteiger partial charge is 0.327 e. The quantitative estimate of drug-likeness (QED) is 0.578. The molecule has 0 aliphatic carbocycles. The van der Waals surface area contributed by atoms with Crippen molar-refractivity contribution in [3.63, 3.8) is 0 Å². The van der Waals surface area contributed by atoms with E-state index in [9.17, 15) is 8.42 Å². The smallest absolute Gasteiger partial charge is 0.211 e. The van der Waals surface area contributed by atoms with Gasteiger partial charge in [0.15, 0.2) is 0 Å². The third-order valence-electron chi connectivity index (χ3n) is 1.01. The van der Waals surface area contributed by atoms with Crippen molar-refractivity contribution < 1.29 is 8.42 Å². The van der Waals surface area contributed by atoms with Gasteiger partial charge >= 0.3 is 0 Å². The van der Waals surface area contributed by atoms with Gasteiger partial charge in [-0.15, -0.1) is 0 Å². The molecule has 0 aromatic rings. The summed E-state index contributed by atoms with van der Waals surface area (Å²) in [5.74, 6) is 0.111. The second-order valence-corrected chi connectivity index (χ2v) is 4.32. The minimum absolute atomic E-state index is 0.111. The van der Waals surface area contributed by atoms with Crippen LogP contribution >= 0.6 is 0 Å². The molecule has 0 aliphatic heterocycles. The zero-order chi connectivity index (χ0) is 8.20. The lowest BCUT2D eigenvalue weighted by atomic mass is 10.4. The van der Waals surface area contributed by atoms with E-state index in [1.54, 1.807) is 13.8 Å². The van der Waals surface area contributed by atoms with Gasteiger partial charge in [-0.25, -0.2) is 13.1 Å². The average molecular weight is 166 g/mol. The molecule has 1 unspecified atom stereocenters. The highest BCUT2D eigenvalue weighted by Crippen LogP contribution is 1.81. The molecule has 0 fully saturated rings. The fourth-order valence-corrected chi connectivity index (χ4v) is 1.08. The molecule has 0 amide bonds. The van der Waals surface area contributed by atoms with Crippen molar-refractivity contribution in [2.45, 2.75) is 19.9 Å². The summed E-state index contributed by atoms with van der Waals surface area (Å²) in [6, 6.07) is -0.124. The lowest BCUT2D eigenvalue weighted by Gasteiger charge is -2.05. The van der Waals surface area contributed by atoms with Gasteiger partial charge in [0.2, 0.25) is 10.0 Å². The van der Waals surface area contributed by atoms with Gasteiger partial charge in [-0.2, -0.15) is 0 Å². The van der Waals surface area contributed by atoms with Crippen LogP contribution in [0.3, 0.4) is 0 Å². The van der Waals surface area contributed by atoms with E-state index in [-0.39, 0.29) is 11.8 Å². The normalized spacial score (nSPS) is 15.1. The predicted molar refractivity (Wildman–Crippen MR) is 41.1 cm³/mol. The molecule has 1 atom stereocenters. The third-order valence-corrected chi connectivity index (χ3v) is 2.37. The van der Waals surface area contributed by atoms with Crippen LogP contribution in [0.1, 0.15) is 13.8 Å². The van der Waals surface area contributed by atoms with Gasteiger partial charge in [0, 0.05) is 12.6 Å². The van der Waals surface area contributed by atoms with Crippen LogP contribution in [-0.2, 0) is 10.0 Å². The van der Waals surface area contributed by atoms with Gasteiger partial charge in [-0.1, -0.05) is 0 Å². The van der Waals surface area contributed by atoms with Crippen molar-refractivity contribution >= 4 is 10.0 Å². The third kappa shape index (κ3) is 4.72. The van der Waals surface area contributed by atoms with Gasteiger partial charge in [0.25, 0.3) is 0 Å². The Morgan fingerprint density at radius 3 is 2.40 bits per heavy atom. The molecule has 0 saturated carbocycles. The summed E-state index contributed by atoms with van der Waals surface area (Å²) in [6.07, 6.45) is 0. The van der Waals surface area contributed by atoms with E-state index >= 15 is 0 Å². The van der Waals surface area contributed by atoms with Gasteiger partial charge < -0.3 is 5.73 Å². The Kier molecular flexibility index (Phi) is 3.85. The SMILES string of the molecule is CCS(=O)(=O)NCC(C)N. The minimum Gasteiger partial charge on any atom is -0.327 e. The maximum Gasteiger partial charge on any atom is 0.211 e. The Balaban J connectivity index is 3.70. The number of nitrogens with two attached hydrogens (primary N) is 1. The molecule has 0 spiro atoms. The van der Waals surface area contributed by atoms with Crippen LogP contribution in [0.5, 0.6) is 0 Å². The Bertz CT molecular complexity index is 174. The maximum atomic E-state index is 10.7. The van der Waals surface area contributed by atoms with Crippen LogP contribution in [0, 0.1) is 0 Å². The molecule has 0 aromatic carbocycles. The molecule has 0 heterocycles. The first-order chi connectivity index (χ1) is 4.48. The highest BCUT2D eigenvalue weighted by molar-refractivity contribution is 7.89. The van der Waals surface area contributed by atoms with E-state index in [1.165, 1.54) is 0 Å². The second kappa shape index (κ2) is 3.90. The van der Waals surface area contributed by atoms with Crippen LogP contribution < -0.4 is 10.5 Å². The fourth-order valence-electron chi connectivity index (χ4n) is 0.360. The Labute approximate surface area is 61.8 Å². The molecule has 10 heavy (non-hydrogen) atoms. The topological polar surface area (TPSA) is 72.2 Å². The maximum absolute atomic E-state index is 10.7. The number of hydrogen-bond donors (Lipinski definition) is 2.